The molecule has 0 radical (unpaired) electrons. The molecule has 1 aromatic rings. The topological polar surface area (TPSA) is 84.7 Å². The summed E-state index contributed by atoms with van der Waals surface area (Å²) in [6, 6.07) is 4.36. The van der Waals surface area contributed by atoms with E-state index in [9.17, 15) is 9.59 Å². The molecule has 0 aromatic heterocycles. The van der Waals surface area contributed by atoms with E-state index in [1.807, 2.05) is 0 Å². The number of amides is 3. The van der Waals surface area contributed by atoms with Crippen molar-refractivity contribution in [1.29, 1.82) is 0 Å². The van der Waals surface area contributed by atoms with E-state index in [-0.39, 0.29) is 19.2 Å². The van der Waals surface area contributed by atoms with Crippen LogP contribution in [0.1, 0.15) is 0 Å². The first-order valence-corrected chi connectivity index (χ1v) is 6.64. The first-order chi connectivity index (χ1) is 9.45. The maximum Gasteiger partial charge on any atom is 0.322 e. The van der Waals surface area contributed by atoms with Crippen LogP contribution >= 0.6 is 23.2 Å². The highest BCUT2D eigenvalue weighted by atomic mass is 35.5. The standard InChI is InChI=1S/C12H13Cl2N3O3/c13-7-3-8(14)5-9(4-7)16-12(19)17-1-2-20-10(6-17)11(15)18/h3-5,10H,1-2,6H2,(H2,15,18)(H,16,19)/t10-/m0/s1. The number of carbonyl (C=O) groups is 2. The summed E-state index contributed by atoms with van der Waals surface area (Å²) < 4.78 is 5.17. The number of nitrogens with two attached hydrogens (primary N) is 1. The molecule has 20 heavy (non-hydrogen) atoms. The number of carbonyl (C=O) groups excluding carboxylic acids is 2. The Morgan fingerprint density at radius 3 is 2.55 bits per heavy atom. The normalized spacial score (nSPS) is 18.7. The SMILES string of the molecule is NC(=O)[C@@H]1CN(C(=O)Nc2cc(Cl)cc(Cl)c2)CCO1. The minimum atomic E-state index is -0.780. The van der Waals surface area contributed by atoms with Crippen LogP contribution in [0.2, 0.25) is 10.0 Å². The van der Waals surface area contributed by atoms with Crippen LogP contribution in [0.25, 0.3) is 0 Å². The van der Waals surface area contributed by atoms with Crippen molar-refractivity contribution in [2.45, 2.75) is 6.10 Å². The number of hydrogen-bond donors (Lipinski definition) is 2. The number of rotatable bonds is 2. The number of urea groups is 1. The lowest BCUT2D eigenvalue weighted by atomic mass is 10.2. The third kappa shape index (κ3) is 3.75. The minimum Gasteiger partial charge on any atom is -0.367 e. The Kier molecular flexibility index (Phi) is 4.69. The molecule has 1 aliphatic heterocycles. The number of nitrogens with one attached hydrogen (secondary N) is 1. The van der Waals surface area contributed by atoms with Crippen LogP contribution in [0.5, 0.6) is 0 Å². The van der Waals surface area contributed by atoms with E-state index in [1.165, 1.54) is 4.90 Å². The molecule has 3 amide bonds. The Balaban J connectivity index is 2.02. The first-order valence-electron chi connectivity index (χ1n) is 5.88. The number of nitrogens with zero attached hydrogens (tertiary/aromatic N) is 1. The number of benzene rings is 1. The average molecular weight is 318 g/mol. The predicted molar refractivity (Wildman–Crippen MR) is 76.0 cm³/mol. The third-order valence-corrected chi connectivity index (χ3v) is 3.22. The molecule has 2 rings (SSSR count). The number of morpholine rings is 1. The lowest BCUT2D eigenvalue weighted by molar-refractivity contribution is -0.133. The van der Waals surface area contributed by atoms with Crippen molar-refractivity contribution in [2.75, 3.05) is 25.0 Å². The smallest absolute Gasteiger partial charge is 0.322 e. The van der Waals surface area contributed by atoms with E-state index in [1.54, 1.807) is 18.2 Å². The van der Waals surface area contributed by atoms with E-state index in [0.717, 1.165) is 0 Å². The van der Waals surface area contributed by atoms with Crippen LogP contribution < -0.4 is 11.1 Å². The molecule has 1 fully saturated rings. The molecule has 3 N–H and O–H groups in total. The molecule has 1 heterocycles. The molecule has 0 aliphatic carbocycles. The molecule has 0 spiro atoms. The number of halogens is 2. The van der Waals surface area contributed by atoms with Crippen molar-refractivity contribution in [2.24, 2.45) is 5.73 Å². The zero-order valence-electron chi connectivity index (χ0n) is 10.4. The van der Waals surface area contributed by atoms with Gasteiger partial charge in [0.25, 0.3) is 0 Å². The number of primary amides is 1. The van der Waals surface area contributed by atoms with Gasteiger partial charge in [-0.25, -0.2) is 4.79 Å². The van der Waals surface area contributed by atoms with Crippen molar-refractivity contribution in [3.05, 3.63) is 28.2 Å². The summed E-state index contributed by atoms with van der Waals surface area (Å²) in [6.07, 6.45) is -0.780. The summed E-state index contributed by atoms with van der Waals surface area (Å²) >= 11 is 11.7. The van der Waals surface area contributed by atoms with Gasteiger partial charge >= 0.3 is 6.03 Å². The van der Waals surface area contributed by atoms with Crippen LogP contribution in [0.4, 0.5) is 10.5 Å². The van der Waals surface area contributed by atoms with Crippen LogP contribution in [-0.2, 0) is 9.53 Å². The Morgan fingerprint density at radius 2 is 1.95 bits per heavy atom. The van der Waals surface area contributed by atoms with Crippen molar-refractivity contribution in [1.82, 2.24) is 4.90 Å². The molecule has 1 saturated heterocycles. The lowest BCUT2D eigenvalue weighted by Gasteiger charge is -2.31. The van der Waals surface area contributed by atoms with Crippen LogP contribution in [0, 0.1) is 0 Å². The zero-order chi connectivity index (χ0) is 14.7. The third-order valence-electron chi connectivity index (χ3n) is 2.78. The maximum atomic E-state index is 12.1. The highest BCUT2D eigenvalue weighted by molar-refractivity contribution is 6.35. The molecule has 6 nitrogen and oxygen atoms in total. The maximum absolute atomic E-state index is 12.1. The van der Waals surface area contributed by atoms with E-state index < -0.39 is 12.0 Å². The summed E-state index contributed by atoms with van der Waals surface area (Å²) in [4.78, 5) is 24.6. The summed E-state index contributed by atoms with van der Waals surface area (Å²) in [5.41, 5.74) is 5.65. The van der Waals surface area contributed by atoms with Crippen LogP contribution in [-0.4, -0.2) is 42.6 Å². The highest BCUT2D eigenvalue weighted by Gasteiger charge is 2.27. The molecular weight excluding hydrogens is 305 g/mol. The monoisotopic (exact) mass is 317 g/mol. The van der Waals surface area contributed by atoms with Gasteiger partial charge in [-0.1, -0.05) is 23.2 Å². The van der Waals surface area contributed by atoms with Gasteiger partial charge in [0.1, 0.15) is 0 Å². The Morgan fingerprint density at radius 1 is 1.30 bits per heavy atom. The molecular formula is C12H13Cl2N3O3. The minimum absolute atomic E-state index is 0.121. The number of ether oxygens (including phenoxy) is 1. The van der Waals surface area contributed by atoms with Crippen molar-refractivity contribution >= 4 is 40.8 Å². The molecule has 1 atom stereocenters. The lowest BCUT2D eigenvalue weighted by Crippen LogP contribution is -2.51. The van der Waals surface area contributed by atoms with Gasteiger partial charge in [0, 0.05) is 22.3 Å². The van der Waals surface area contributed by atoms with Gasteiger partial charge < -0.3 is 20.7 Å². The van der Waals surface area contributed by atoms with Crippen LogP contribution in [0.15, 0.2) is 18.2 Å². The fourth-order valence-electron chi connectivity index (χ4n) is 1.83. The Bertz CT molecular complexity index is 518. The quantitative estimate of drug-likeness (QED) is 0.870. The summed E-state index contributed by atoms with van der Waals surface area (Å²) in [7, 11) is 0. The molecule has 0 bridgehead atoms. The van der Waals surface area contributed by atoms with Crippen LogP contribution in [0.3, 0.4) is 0 Å². The van der Waals surface area contributed by atoms with Gasteiger partial charge in [0.15, 0.2) is 6.10 Å². The second-order valence-corrected chi connectivity index (χ2v) is 5.17. The fraction of sp³-hybridized carbons (Fsp3) is 0.333. The molecule has 1 aromatic carbocycles. The van der Waals surface area contributed by atoms with Gasteiger partial charge in [0.05, 0.1) is 13.2 Å². The largest absolute Gasteiger partial charge is 0.367 e. The second kappa shape index (κ2) is 6.30. The Hall–Kier alpha value is -1.50. The first kappa shape index (κ1) is 14.9. The molecule has 0 unspecified atom stereocenters. The molecule has 108 valence electrons. The Labute approximate surface area is 125 Å². The van der Waals surface area contributed by atoms with Crippen molar-refractivity contribution < 1.29 is 14.3 Å². The average Bonchev–Trinajstić information content (AvgIpc) is 2.37. The van der Waals surface area contributed by atoms with Gasteiger partial charge in [-0.05, 0) is 18.2 Å². The van der Waals surface area contributed by atoms with E-state index >= 15 is 0 Å². The van der Waals surface area contributed by atoms with Gasteiger partial charge in [0.2, 0.25) is 5.91 Å². The molecule has 8 heteroatoms. The van der Waals surface area contributed by atoms with Crippen molar-refractivity contribution in [3.8, 4) is 0 Å². The second-order valence-electron chi connectivity index (χ2n) is 4.30. The predicted octanol–water partition coefficient (Wildman–Crippen LogP) is 1.71. The van der Waals surface area contributed by atoms with Gasteiger partial charge in [-0.15, -0.1) is 0 Å². The van der Waals surface area contributed by atoms with E-state index in [4.69, 9.17) is 33.7 Å². The molecule has 0 saturated carbocycles. The molecule has 1 aliphatic rings. The number of hydrogen-bond acceptors (Lipinski definition) is 3. The number of anilines is 1. The summed E-state index contributed by atoms with van der Waals surface area (Å²) in [5.74, 6) is -0.590. The van der Waals surface area contributed by atoms with Gasteiger partial charge in [-0.2, -0.15) is 0 Å². The van der Waals surface area contributed by atoms with E-state index in [2.05, 4.69) is 5.32 Å². The fourth-order valence-corrected chi connectivity index (χ4v) is 2.36. The summed E-state index contributed by atoms with van der Waals surface area (Å²) in [5, 5.41) is 3.51. The zero-order valence-corrected chi connectivity index (χ0v) is 11.9. The van der Waals surface area contributed by atoms with Gasteiger partial charge in [-0.3, -0.25) is 4.79 Å². The van der Waals surface area contributed by atoms with Crippen molar-refractivity contribution in [3.63, 3.8) is 0 Å². The van der Waals surface area contributed by atoms with E-state index in [0.29, 0.717) is 22.3 Å². The highest BCUT2D eigenvalue weighted by Crippen LogP contribution is 2.22. The summed E-state index contributed by atoms with van der Waals surface area (Å²) in [6.45, 7) is 0.761.